The molecule has 0 aromatic carbocycles. The summed E-state index contributed by atoms with van der Waals surface area (Å²) in [6, 6.07) is 1.24. The summed E-state index contributed by atoms with van der Waals surface area (Å²) in [4.78, 5) is 22.2. The van der Waals surface area contributed by atoms with Gasteiger partial charge in [0.2, 0.25) is 0 Å². The second-order valence-electron chi connectivity index (χ2n) is 4.75. The minimum atomic E-state index is -0.491. The molecule has 0 radical (unpaired) electrons. The number of nitro groups is 1. The Morgan fingerprint density at radius 1 is 1.56 bits per heavy atom. The maximum Gasteiger partial charge on any atom is 0.286 e. The van der Waals surface area contributed by atoms with E-state index in [-0.39, 0.29) is 21.1 Å². The van der Waals surface area contributed by atoms with Crippen LogP contribution in [-0.4, -0.2) is 15.2 Å². The molecule has 0 unspecified atom stereocenters. The van der Waals surface area contributed by atoms with Crippen molar-refractivity contribution in [2.45, 2.75) is 25.8 Å². The Labute approximate surface area is 118 Å². The third kappa shape index (κ3) is 2.47. The average Bonchev–Trinajstić information content (AvgIpc) is 2.28. The van der Waals surface area contributed by atoms with Crippen LogP contribution in [0.4, 0.5) is 5.69 Å². The molecule has 0 atom stereocenters. The van der Waals surface area contributed by atoms with Gasteiger partial charge in [-0.05, 0) is 39.9 Å². The van der Waals surface area contributed by atoms with Crippen LogP contribution in [0, 0.1) is 15.5 Å². The summed E-state index contributed by atoms with van der Waals surface area (Å²) >= 11 is 7.41. The van der Waals surface area contributed by atoms with E-state index in [2.05, 4.69) is 28.6 Å². The summed E-state index contributed by atoms with van der Waals surface area (Å²) in [5, 5.41) is 10.8. The molecule has 0 spiro atoms. The van der Waals surface area contributed by atoms with Crippen LogP contribution in [0.2, 0.25) is 0 Å². The largest absolute Gasteiger partial charge is 0.307 e. The molecule has 0 aliphatic heterocycles. The number of aromatic nitrogens is 1. The van der Waals surface area contributed by atoms with Crippen LogP contribution in [0.15, 0.2) is 21.5 Å². The highest BCUT2D eigenvalue weighted by Crippen LogP contribution is 2.43. The van der Waals surface area contributed by atoms with E-state index in [1.807, 2.05) is 0 Å². The van der Waals surface area contributed by atoms with E-state index in [1.54, 1.807) is 0 Å². The smallest absolute Gasteiger partial charge is 0.286 e. The second kappa shape index (κ2) is 5.05. The van der Waals surface area contributed by atoms with Crippen LogP contribution in [0.1, 0.15) is 19.3 Å². The van der Waals surface area contributed by atoms with Gasteiger partial charge in [0.1, 0.15) is 0 Å². The highest BCUT2D eigenvalue weighted by Gasteiger charge is 2.36. The van der Waals surface area contributed by atoms with Crippen LogP contribution < -0.4 is 5.56 Å². The van der Waals surface area contributed by atoms with Crippen molar-refractivity contribution in [3.8, 4) is 0 Å². The lowest BCUT2D eigenvalue weighted by atomic mass is 9.70. The quantitative estimate of drug-likeness (QED) is 0.523. The molecule has 1 aromatic rings. The van der Waals surface area contributed by atoms with Crippen LogP contribution in [0.3, 0.4) is 0 Å². The number of rotatable bonds is 4. The van der Waals surface area contributed by atoms with Crippen LogP contribution >= 0.6 is 28.6 Å². The number of hydrogen-bond donors (Lipinski definition) is 1. The molecule has 1 aromatic heterocycles. The fourth-order valence-corrected chi connectivity index (χ4v) is 3.08. The first-order valence-corrected chi connectivity index (χ1v) is 7.05. The Hall–Kier alpha value is -0.820. The van der Waals surface area contributed by atoms with Gasteiger partial charge in [0, 0.05) is 12.6 Å². The first-order valence-electron chi connectivity index (χ1n) is 5.63. The van der Waals surface area contributed by atoms with Gasteiger partial charge in [0.05, 0.1) is 15.6 Å². The molecule has 98 valence electrons. The van der Waals surface area contributed by atoms with E-state index in [1.165, 1.54) is 16.8 Å². The molecule has 1 aliphatic carbocycles. The summed E-state index contributed by atoms with van der Waals surface area (Å²) in [6.45, 7) is 0.496. The molecule has 7 heteroatoms. The van der Waals surface area contributed by atoms with E-state index >= 15 is 0 Å². The van der Waals surface area contributed by atoms with Crippen molar-refractivity contribution in [3.05, 3.63) is 37.2 Å². The van der Waals surface area contributed by atoms with Gasteiger partial charge < -0.3 is 4.57 Å². The van der Waals surface area contributed by atoms with Gasteiger partial charge in [-0.25, -0.2) is 0 Å². The van der Waals surface area contributed by atoms with E-state index in [0.29, 0.717) is 12.3 Å². The van der Waals surface area contributed by atoms with Crippen molar-refractivity contribution >= 4 is 34.2 Å². The molecule has 2 rings (SSSR count). The molecule has 0 bridgehead atoms. The topological polar surface area (TPSA) is 65.1 Å². The Morgan fingerprint density at radius 2 is 2.22 bits per heavy atom. The number of halogens is 1. The van der Waals surface area contributed by atoms with Gasteiger partial charge in [0.25, 0.3) is 11.2 Å². The molecule has 0 N–H and O–H groups in total. The van der Waals surface area contributed by atoms with Gasteiger partial charge in [-0.15, -0.1) is 0 Å². The molecular weight excluding hydrogens is 320 g/mol. The molecule has 18 heavy (non-hydrogen) atoms. The zero-order valence-corrected chi connectivity index (χ0v) is 12.1. The highest BCUT2D eigenvalue weighted by molar-refractivity contribution is 9.10. The molecule has 1 saturated carbocycles. The molecule has 5 nitrogen and oxygen atoms in total. The number of hydrogen-bond acceptors (Lipinski definition) is 4. The number of nitrogens with zero attached hydrogens (tertiary/aromatic N) is 2. The summed E-state index contributed by atoms with van der Waals surface area (Å²) in [5.41, 5.74) is -0.287. The molecule has 1 fully saturated rings. The maximum absolute atomic E-state index is 11.9. The average molecular weight is 333 g/mol. The standard InChI is InChI=1S/C11H13BrN2O3S/c12-9-4-8(14(16)17)5-13(10(9)15)6-11(7-18)2-1-3-11/h4-5,18H,1-3,6-7H2. The minimum absolute atomic E-state index is 0.0155. The van der Waals surface area contributed by atoms with Crippen molar-refractivity contribution in [1.82, 2.24) is 4.57 Å². The first kappa shape index (κ1) is 13.6. The molecule has 1 heterocycles. The zero-order valence-electron chi connectivity index (χ0n) is 9.63. The lowest BCUT2D eigenvalue weighted by Crippen LogP contribution is -2.39. The normalized spacial score (nSPS) is 17.2. The SMILES string of the molecule is O=c1c(Br)cc([N+](=O)[O-])cn1CC1(CS)CCC1. The highest BCUT2D eigenvalue weighted by atomic mass is 79.9. The molecule has 0 amide bonds. The lowest BCUT2D eigenvalue weighted by Gasteiger charge is -2.41. The summed E-state index contributed by atoms with van der Waals surface area (Å²) in [5.74, 6) is 0.694. The Bertz CT molecular complexity index is 534. The third-order valence-electron chi connectivity index (χ3n) is 3.49. The van der Waals surface area contributed by atoms with Crippen LogP contribution in [0.5, 0.6) is 0 Å². The summed E-state index contributed by atoms with van der Waals surface area (Å²) in [7, 11) is 0. The minimum Gasteiger partial charge on any atom is -0.307 e. The predicted octanol–water partition coefficient (Wildman–Crippen LogP) is 2.62. The predicted molar refractivity (Wildman–Crippen MR) is 75.2 cm³/mol. The fraction of sp³-hybridized carbons (Fsp3) is 0.545. The molecule has 1 aliphatic rings. The van der Waals surface area contributed by atoms with Crippen molar-refractivity contribution in [2.24, 2.45) is 5.41 Å². The maximum atomic E-state index is 11.9. The monoisotopic (exact) mass is 332 g/mol. The summed E-state index contributed by atoms with van der Waals surface area (Å²) < 4.78 is 1.66. The van der Waals surface area contributed by atoms with Gasteiger partial charge >= 0.3 is 0 Å². The number of thiol groups is 1. The van der Waals surface area contributed by atoms with Crippen molar-refractivity contribution in [2.75, 3.05) is 5.75 Å². The Kier molecular flexibility index (Phi) is 3.82. The zero-order chi connectivity index (χ0) is 13.3. The Balaban J connectivity index is 2.37. The van der Waals surface area contributed by atoms with E-state index in [4.69, 9.17) is 0 Å². The van der Waals surface area contributed by atoms with Gasteiger partial charge in [0.15, 0.2) is 0 Å². The van der Waals surface area contributed by atoms with E-state index in [0.717, 1.165) is 19.3 Å². The molecule has 0 saturated heterocycles. The van der Waals surface area contributed by atoms with E-state index < -0.39 is 4.92 Å². The van der Waals surface area contributed by atoms with Crippen LogP contribution in [0.25, 0.3) is 0 Å². The molecular formula is C11H13BrN2O3S. The van der Waals surface area contributed by atoms with Crippen molar-refractivity contribution < 1.29 is 4.92 Å². The third-order valence-corrected chi connectivity index (χ3v) is 4.73. The first-order chi connectivity index (χ1) is 8.47. The Morgan fingerprint density at radius 3 is 2.67 bits per heavy atom. The van der Waals surface area contributed by atoms with E-state index in [9.17, 15) is 14.9 Å². The van der Waals surface area contributed by atoms with Gasteiger partial charge in [-0.2, -0.15) is 12.6 Å². The lowest BCUT2D eigenvalue weighted by molar-refractivity contribution is -0.385. The van der Waals surface area contributed by atoms with Crippen LogP contribution in [-0.2, 0) is 6.54 Å². The van der Waals surface area contributed by atoms with Crippen molar-refractivity contribution in [3.63, 3.8) is 0 Å². The van der Waals surface area contributed by atoms with Gasteiger partial charge in [-0.3, -0.25) is 14.9 Å². The van der Waals surface area contributed by atoms with Crippen molar-refractivity contribution in [1.29, 1.82) is 0 Å². The number of pyridine rings is 1. The summed E-state index contributed by atoms with van der Waals surface area (Å²) in [6.07, 6.45) is 4.48. The fourth-order valence-electron chi connectivity index (χ4n) is 2.21. The second-order valence-corrected chi connectivity index (χ2v) is 5.92. The van der Waals surface area contributed by atoms with Gasteiger partial charge in [-0.1, -0.05) is 6.42 Å².